The average Bonchev–Trinajstić information content (AvgIpc) is 2.77. The number of hydrogen-bond acceptors (Lipinski definition) is 1. The number of aryl methyl sites for hydroxylation is 1. The SMILES string of the molecule is CCCC1CC1(O)c1cc(C)cc(Cl)c1. The predicted molar refractivity (Wildman–Crippen MR) is 63.1 cm³/mol. The molecule has 1 N–H and O–H groups in total. The van der Waals surface area contributed by atoms with Crippen LogP contribution in [0.2, 0.25) is 5.02 Å². The molecule has 1 fully saturated rings. The minimum Gasteiger partial charge on any atom is -0.385 e. The third-order valence-electron chi connectivity index (χ3n) is 3.25. The number of benzene rings is 1. The molecule has 0 bridgehead atoms. The third-order valence-corrected chi connectivity index (χ3v) is 3.47. The van der Waals surface area contributed by atoms with Gasteiger partial charge in [0.15, 0.2) is 0 Å². The van der Waals surface area contributed by atoms with Gasteiger partial charge in [-0.2, -0.15) is 0 Å². The summed E-state index contributed by atoms with van der Waals surface area (Å²) in [6, 6.07) is 5.86. The monoisotopic (exact) mass is 224 g/mol. The van der Waals surface area contributed by atoms with Crippen molar-refractivity contribution in [1.29, 1.82) is 0 Å². The molecule has 0 aliphatic heterocycles. The Balaban J connectivity index is 2.24. The van der Waals surface area contributed by atoms with Crippen LogP contribution in [-0.2, 0) is 5.60 Å². The van der Waals surface area contributed by atoms with E-state index < -0.39 is 5.60 Å². The van der Waals surface area contributed by atoms with Gasteiger partial charge in [0.05, 0.1) is 5.60 Å². The highest BCUT2D eigenvalue weighted by Gasteiger charge is 2.53. The summed E-state index contributed by atoms with van der Waals surface area (Å²) < 4.78 is 0. The summed E-state index contributed by atoms with van der Waals surface area (Å²) in [5.41, 5.74) is 1.52. The molecule has 1 aromatic carbocycles. The van der Waals surface area contributed by atoms with Gasteiger partial charge in [-0.25, -0.2) is 0 Å². The van der Waals surface area contributed by atoms with Crippen molar-refractivity contribution in [2.75, 3.05) is 0 Å². The van der Waals surface area contributed by atoms with Gasteiger partial charge in [-0.15, -0.1) is 0 Å². The van der Waals surface area contributed by atoms with Gasteiger partial charge in [0.2, 0.25) is 0 Å². The van der Waals surface area contributed by atoms with Crippen molar-refractivity contribution in [3.8, 4) is 0 Å². The zero-order valence-corrected chi connectivity index (χ0v) is 10.0. The van der Waals surface area contributed by atoms with Gasteiger partial charge in [-0.1, -0.05) is 31.0 Å². The molecule has 0 saturated heterocycles. The topological polar surface area (TPSA) is 20.2 Å². The lowest BCUT2D eigenvalue weighted by molar-refractivity contribution is 0.129. The number of aliphatic hydroxyl groups is 1. The molecule has 82 valence electrons. The number of rotatable bonds is 3. The number of halogens is 1. The van der Waals surface area contributed by atoms with Gasteiger partial charge in [-0.05, 0) is 48.9 Å². The van der Waals surface area contributed by atoms with Crippen molar-refractivity contribution in [2.45, 2.75) is 38.7 Å². The fourth-order valence-corrected chi connectivity index (χ4v) is 2.64. The average molecular weight is 225 g/mol. The third kappa shape index (κ3) is 2.04. The summed E-state index contributed by atoms with van der Waals surface area (Å²) in [7, 11) is 0. The lowest BCUT2D eigenvalue weighted by atomic mass is 10.0. The van der Waals surface area contributed by atoms with Crippen molar-refractivity contribution >= 4 is 11.6 Å². The molecule has 1 aliphatic carbocycles. The second-order valence-corrected chi connectivity index (χ2v) is 5.07. The fraction of sp³-hybridized carbons (Fsp3) is 0.538. The van der Waals surface area contributed by atoms with Crippen LogP contribution >= 0.6 is 11.6 Å². The minimum atomic E-state index is -0.592. The van der Waals surface area contributed by atoms with E-state index in [9.17, 15) is 5.11 Å². The quantitative estimate of drug-likeness (QED) is 0.831. The Morgan fingerprint density at radius 1 is 1.47 bits per heavy atom. The maximum Gasteiger partial charge on any atom is 0.0930 e. The minimum absolute atomic E-state index is 0.431. The normalized spacial score (nSPS) is 29.2. The van der Waals surface area contributed by atoms with Crippen LogP contribution in [0.15, 0.2) is 18.2 Å². The van der Waals surface area contributed by atoms with Crippen LogP contribution in [0.5, 0.6) is 0 Å². The van der Waals surface area contributed by atoms with E-state index in [0.29, 0.717) is 5.92 Å². The molecule has 0 aromatic heterocycles. The van der Waals surface area contributed by atoms with Gasteiger partial charge in [0, 0.05) is 5.02 Å². The molecule has 1 aromatic rings. The maximum atomic E-state index is 10.4. The molecule has 15 heavy (non-hydrogen) atoms. The Hall–Kier alpha value is -0.530. The highest BCUT2D eigenvalue weighted by atomic mass is 35.5. The Morgan fingerprint density at radius 2 is 2.20 bits per heavy atom. The van der Waals surface area contributed by atoms with Gasteiger partial charge < -0.3 is 5.11 Å². The predicted octanol–water partition coefficient (Wildman–Crippen LogP) is 3.66. The Bertz CT molecular complexity index is 355. The summed E-state index contributed by atoms with van der Waals surface area (Å²) in [5.74, 6) is 0.431. The fourth-order valence-electron chi connectivity index (χ4n) is 2.35. The van der Waals surface area contributed by atoms with Gasteiger partial charge in [0.25, 0.3) is 0 Å². The first-order chi connectivity index (χ1) is 7.06. The van der Waals surface area contributed by atoms with Crippen molar-refractivity contribution in [1.82, 2.24) is 0 Å². The Labute approximate surface area is 96.1 Å². The van der Waals surface area contributed by atoms with E-state index >= 15 is 0 Å². The molecule has 0 spiro atoms. The summed E-state index contributed by atoms with van der Waals surface area (Å²) in [6.45, 7) is 4.16. The van der Waals surface area contributed by atoms with Gasteiger partial charge in [0.1, 0.15) is 0 Å². The van der Waals surface area contributed by atoms with Crippen molar-refractivity contribution in [2.24, 2.45) is 5.92 Å². The smallest absolute Gasteiger partial charge is 0.0930 e. The van der Waals surface area contributed by atoms with E-state index in [0.717, 1.165) is 35.4 Å². The first-order valence-electron chi connectivity index (χ1n) is 5.56. The highest BCUT2D eigenvalue weighted by Crippen LogP contribution is 2.54. The zero-order valence-electron chi connectivity index (χ0n) is 9.26. The maximum absolute atomic E-state index is 10.4. The largest absolute Gasteiger partial charge is 0.385 e. The molecule has 2 unspecified atom stereocenters. The van der Waals surface area contributed by atoms with E-state index in [-0.39, 0.29) is 0 Å². The van der Waals surface area contributed by atoms with Crippen LogP contribution in [0.3, 0.4) is 0 Å². The van der Waals surface area contributed by atoms with E-state index in [1.807, 2.05) is 25.1 Å². The van der Waals surface area contributed by atoms with Crippen molar-refractivity contribution in [3.63, 3.8) is 0 Å². The molecule has 1 saturated carbocycles. The van der Waals surface area contributed by atoms with Crippen LogP contribution in [0.4, 0.5) is 0 Å². The lowest BCUT2D eigenvalue weighted by Crippen LogP contribution is -2.09. The second kappa shape index (κ2) is 3.80. The molecular formula is C13H17ClO. The molecule has 0 amide bonds. The van der Waals surface area contributed by atoms with Crippen LogP contribution < -0.4 is 0 Å². The van der Waals surface area contributed by atoms with Crippen LogP contribution in [0, 0.1) is 12.8 Å². The van der Waals surface area contributed by atoms with Crippen LogP contribution in [-0.4, -0.2) is 5.11 Å². The molecule has 2 rings (SSSR count). The molecule has 1 nitrogen and oxygen atoms in total. The van der Waals surface area contributed by atoms with E-state index in [2.05, 4.69) is 6.92 Å². The molecule has 0 radical (unpaired) electrons. The van der Waals surface area contributed by atoms with Gasteiger partial charge >= 0.3 is 0 Å². The van der Waals surface area contributed by atoms with Crippen molar-refractivity contribution in [3.05, 3.63) is 34.3 Å². The lowest BCUT2D eigenvalue weighted by Gasteiger charge is -2.12. The molecule has 2 heteroatoms. The summed E-state index contributed by atoms with van der Waals surface area (Å²) >= 11 is 6.00. The standard InChI is InChI=1S/C13H17ClO/c1-3-4-10-8-13(10,15)11-5-9(2)6-12(14)7-11/h5-7,10,15H,3-4,8H2,1-2H3. The summed E-state index contributed by atoms with van der Waals surface area (Å²) in [5, 5.41) is 11.1. The highest BCUT2D eigenvalue weighted by molar-refractivity contribution is 6.30. The van der Waals surface area contributed by atoms with Gasteiger partial charge in [-0.3, -0.25) is 0 Å². The zero-order chi connectivity index (χ0) is 11.1. The number of hydrogen-bond donors (Lipinski definition) is 1. The summed E-state index contributed by atoms with van der Waals surface area (Å²) in [6.07, 6.45) is 3.12. The molecule has 1 aliphatic rings. The molecular weight excluding hydrogens is 208 g/mol. The first-order valence-corrected chi connectivity index (χ1v) is 5.94. The van der Waals surface area contributed by atoms with E-state index in [4.69, 9.17) is 11.6 Å². The van der Waals surface area contributed by atoms with Crippen LogP contribution in [0.1, 0.15) is 37.3 Å². The second-order valence-electron chi connectivity index (χ2n) is 4.63. The van der Waals surface area contributed by atoms with E-state index in [1.165, 1.54) is 0 Å². The van der Waals surface area contributed by atoms with Crippen LogP contribution in [0.25, 0.3) is 0 Å². The summed E-state index contributed by atoms with van der Waals surface area (Å²) in [4.78, 5) is 0. The molecule has 0 heterocycles. The Morgan fingerprint density at radius 3 is 2.80 bits per heavy atom. The first kappa shape index (κ1) is 11.0. The Kier molecular flexibility index (Phi) is 2.78. The van der Waals surface area contributed by atoms with E-state index in [1.54, 1.807) is 0 Å². The van der Waals surface area contributed by atoms with Crippen molar-refractivity contribution < 1.29 is 5.11 Å². The molecule has 2 atom stereocenters.